The van der Waals surface area contributed by atoms with Gasteiger partial charge < -0.3 is 5.32 Å². The molecule has 0 saturated heterocycles. The molecule has 0 unspecified atom stereocenters. The number of amides is 1. The highest BCUT2D eigenvalue weighted by atomic mass is 32.1. The van der Waals surface area contributed by atoms with E-state index >= 15 is 0 Å². The predicted molar refractivity (Wildman–Crippen MR) is 97.3 cm³/mol. The van der Waals surface area contributed by atoms with Crippen molar-refractivity contribution in [2.45, 2.75) is 57.9 Å². The Bertz CT molecular complexity index is 647. The summed E-state index contributed by atoms with van der Waals surface area (Å²) in [7, 11) is 0. The van der Waals surface area contributed by atoms with Crippen molar-refractivity contribution >= 4 is 17.2 Å². The molecule has 1 atom stereocenters. The highest BCUT2D eigenvalue weighted by molar-refractivity contribution is 7.10. The number of hydrogen-bond acceptors (Lipinski definition) is 2. The van der Waals surface area contributed by atoms with Crippen LogP contribution in [-0.2, 0) is 19.3 Å². The maximum absolute atomic E-state index is 12.7. The van der Waals surface area contributed by atoms with Gasteiger partial charge in [0.25, 0.3) is 5.91 Å². The molecule has 0 saturated carbocycles. The second-order valence-corrected chi connectivity index (χ2v) is 7.34. The van der Waals surface area contributed by atoms with Crippen molar-refractivity contribution in [2.24, 2.45) is 0 Å². The van der Waals surface area contributed by atoms with Gasteiger partial charge in [0, 0.05) is 16.3 Å². The molecule has 0 aliphatic heterocycles. The lowest BCUT2D eigenvalue weighted by Gasteiger charge is -2.17. The topological polar surface area (TPSA) is 29.1 Å². The van der Waals surface area contributed by atoms with E-state index in [1.807, 2.05) is 6.07 Å². The van der Waals surface area contributed by atoms with Gasteiger partial charge in [-0.1, -0.05) is 43.7 Å². The molecule has 1 heterocycles. The minimum atomic E-state index is 0.118. The first-order chi connectivity index (χ1) is 11.3. The molecule has 0 bridgehead atoms. The fraction of sp³-hybridized carbons (Fsp3) is 0.450. The summed E-state index contributed by atoms with van der Waals surface area (Å²) in [5, 5.41) is 5.33. The Labute approximate surface area is 142 Å². The first-order valence-electron chi connectivity index (χ1n) is 8.72. The summed E-state index contributed by atoms with van der Waals surface area (Å²) in [6.07, 6.45) is 7.83. The highest BCUT2D eigenvalue weighted by Gasteiger charge is 2.21. The van der Waals surface area contributed by atoms with Gasteiger partial charge in [-0.05, 0) is 49.7 Å². The van der Waals surface area contributed by atoms with E-state index in [0.29, 0.717) is 0 Å². The van der Waals surface area contributed by atoms with Gasteiger partial charge in [-0.15, -0.1) is 11.3 Å². The monoisotopic (exact) mass is 327 g/mol. The number of aryl methyl sites for hydroxylation is 1. The first kappa shape index (κ1) is 16.3. The fourth-order valence-corrected chi connectivity index (χ4v) is 4.45. The number of nitrogens with one attached hydrogen (secondary N) is 1. The van der Waals surface area contributed by atoms with Crippen LogP contribution in [0.25, 0.3) is 0 Å². The van der Waals surface area contributed by atoms with Gasteiger partial charge in [0.15, 0.2) is 0 Å². The Hall–Kier alpha value is -1.61. The van der Waals surface area contributed by atoms with Gasteiger partial charge in [-0.2, -0.15) is 0 Å². The molecule has 1 aromatic carbocycles. The van der Waals surface area contributed by atoms with Crippen LogP contribution in [0.3, 0.4) is 0 Å². The molecule has 1 aliphatic rings. The van der Waals surface area contributed by atoms with Gasteiger partial charge in [-0.3, -0.25) is 4.79 Å². The average Bonchev–Trinajstić information content (AvgIpc) is 2.84. The number of carbonyl (C=O) groups excluding carboxylic acids is 1. The van der Waals surface area contributed by atoms with Crippen molar-refractivity contribution in [2.75, 3.05) is 0 Å². The lowest BCUT2D eigenvalue weighted by atomic mass is 10.0. The second-order valence-electron chi connectivity index (χ2n) is 6.38. The first-order valence-corrected chi connectivity index (χ1v) is 9.60. The van der Waals surface area contributed by atoms with Gasteiger partial charge in [0.05, 0.1) is 5.56 Å². The molecule has 3 rings (SSSR count). The van der Waals surface area contributed by atoms with Crippen LogP contribution in [0.4, 0.5) is 0 Å². The molecule has 0 fully saturated rings. The third-order valence-corrected chi connectivity index (χ3v) is 5.80. The van der Waals surface area contributed by atoms with Crippen LogP contribution < -0.4 is 5.32 Å². The Kier molecular flexibility index (Phi) is 5.50. The normalized spacial score (nSPS) is 15.5. The van der Waals surface area contributed by atoms with E-state index in [0.717, 1.165) is 31.2 Å². The summed E-state index contributed by atoms with van der Waals surface area (Å²) < 4.78 is 0. The van der Waals surface area contributed by atoms with Crippen molar-refractivity contribution in [3.8, 4) is 0 Å². The SMILES string of the molecule is CC[C@@H](Cc1ccccc1)NC(=O)c1csc2c1CCCCC2. The minimum absolute atomic E-state index is 0.118. The zero-order valence-corrected chi connectivity index (χ0v) is 14.6. The lowest BCUT2D eigenvalue weighted by Crippen LogP contribution is -2.36. The van der Waals surface area contributed by atoms with Crippen molar-refractivity contribution in [3.63, 3.8) is 0 Å². The van der Waals surface area contributed by atoms with Crippen LogP contribution in [0.1, 0.15) is 59.0 Å². The van der Waals surface area contributed by atoms with Crippen molar-refractivity contribution in [3.05, 3.63) is 57.3 Å². The number of thiophene rings is 1. The number of benzene rings is 1. The maximum Gasteiger partial charge on any atom is 0.252 e. The Morgan fingerprint density at radius 1 is 1.17 bits per heavy atom. The Morgan fingerprint density at radius 3 is 2.74 bits per heavy atom. The quantitative estimate of drug-likeness (QED) is 0.788. The van der Waals surface area contributed by atoms with Gasteiger partial charge >= 0.3 is 0 Å². The van der Waals surface area contributed by atoms with Crippen LogP contribution in [0.5, 0.6) is 0 Å². The molecule has 1 N–H and O–H groups in total. The van der Waals surface area contributed by atoms with Gasteiger partial charge in [0.1, 0.15) is 0 Å². The molecular weight excluding hydrogens is 302 g/mol. The van der Waals surface area contributed by atoms with Crippen molar-refractivity contribution in [1.82, 2.24) is 5.32 Å². The number of fused-ring (bicyclic) bond motifs is 1. The molecule has 3 heteroatoms. The van der Waals surface area contributed by atoms with E-state index in [4.69, 9.17) is 0 Å². The minimum Gasteiger partial charge on any atom is -0.349 e. The van der Waals surface area contributed by atoms with Crippen LogP contribution in [0.2, 0.25) is 0 Å². The number of carbonyl (C=O) groups is 1. The summed E-state index contributed by atoms with van der Waals surface area (Å²) in [4.78, 5) is 14.2. The van der Waals surface area contributed by atoms with Gasteiger partial charge in [0.2, 0.25) is 0 Å². The van der Waals surface area contributed by atoms with E-state index in [1.54, 1.807) is 11.3 Å². The third-order valence-electron chi connectivity index (χ3n) is 4.71. The summed E-state index contributed by atoms with van der Waals surface area (Å²) >= 11 is 1.77. The van der Waals surface area contributed by atoms with Crippen LogP contribution in [0.15, 0.2) is 35.7 Å². The maximum atomic E-state index is 12.7. The second kappa shape index (κ2) is 7.78. The zero-order valence-electron chi connectivity index (χ0n) is 13.8. The van der Waals surface area contributed by atoms with E-state index in [9.17, 15) is 4.79 Å². The Morgan fingerprint density at radius 2 is 1.96 bits per heavy atom. The van der Waals surface area contributed by atoms with E-state index in [-0.39, 0.29) is 11.9 Å². The Balaban J connectivity index is 1.69. The summed E-state index contributed by atoms with van der Waals surface area (Å²) in [6, 6.07) is 10.6. The predicted octanol–water partition coefficient (Wildman–Crippen LogP) is 4.77. The molecular formula is C20H25NOS. The van der Waals surface area contributed by atoms with Crippen LogP contribution in [-0.4, -0.2) is 11.9 Å². The largest absolute Gasteiger partial charge is 0.349 e. The zero-order chi connectivity index (χ0) is 16.1. The molecule has 0 radical (unpaired) electrons. The molecule has 122 valence electrons. The highest BCUT2D eigenvalue weighted by Crippen LogP contribution is 2.29. The summed E-state index contributed by atoms with van der Waals surface area (Å²) in [5.41, 5.74) is 3.53. The van der Waals surface area contributed by atoms with E-state index < -0.39 is 0 Å². The van der Waals surface area contributed by atoms with Gasteiger partial charge in [-0.25, -0.2) is 0 Å². The molecule has 0 spiro atoms. The molecule has 1 aromatic heterocycles. The molecule has 23 heavy (non-hydrogen) atoms. The van der Waals surface area contributed by atoms with Crippen LogP contribution >= 0.6 is 11.3 Å². The summed E-state index contributed by atoms with van der Waals surface area (Å²) in [5.74, 6) is 0.118. The summed E-state index contributed by atoms with van der Waals surface area (Å²) in [6.45, 7) is 2.14. The van der Waals surface area contributed by atoms with E-state index in [2.05, 4.69) is 41.9 Å². The fourth-order valence-electron chi connectivity index (χ4n) is 3.32. The third kappa shape index (κ3) is 4.03. The number of rotatable bonds is 5. The van der Waals surface area contributed by atoms with Crippen molar-refractivity contribution < 1.29 is 4.79 Å². The molecule has 2 nitrogen and oxygen atoms in total. The number of hydrogen-bond donors (Lipinski definition) is 1. The van der Waals surface area contributed by atoms with Crippen molar-refractivity contribution in [1.29, 1.82) is 0 Å². The smallest absolute Gasteiger partial charge is 0.252 e. The molecule has 2 aromatic rings. The van der Waals surface area contributed by atoms with Crippen LogP contribution in [0, 0.1) is 0 Å². The molecule has 1 amide bonds. The van der Waals surface area contributed by atoms with E-state index in [1.165, 1.54) is 35.3 Å². The standard InChI is InChI=1S/C20H25NOS/c1-2-16(13-15-9-5-3-6-10-15)21-20(22)18-14-23-19-12-8-4-7-11-17(18)19/h3,5-6,9-10,14,16H,2,4,7-8,11-13H2,1H3,(H,21,22)/t16-/m0/s1. The lowest BCUT2D eigenvalue weighted by molar-refractivity contribution is 0.0935. The molecule has 1 aliphatic carbocycles. The average molecular weight is 327 g/mol.